The van der Waals surface area contributed by atoms with Crippen LogP contribution in [0.25, 0.3) is 11.1 Å². The van der Waals surface area contributed by atoms with Crippen LogP contribution in [0.1, 0.15) is 5.56 Å². The minimum atomic E-state index is -4.30. The second kappa shape index (κ2) is 3.96. The van der Waals surface area contributed by atoms with Crippen LogP contribution < -0.4 is 0 Å². The molecule has 2 aromatic rings. The quantitative estimate of drug-likeness (QED) is 0.717. The number of halogens is 3. The fraction of sp³-hybridized carbons (Fsp3) is 0.0833. The normalized spacial score (nSPS) is 11.4. The van der Waals surface area contributed by atoms with Gasteiger partial charge in [0, 0.05) is 12.4 Å². The predicted octanol–water partition coefficient (Wildman–Crippen LogP) is 3.77. The topological polar surface area (TPSA) is 12.9 Å². The first-order valence-corrected chi connectivity index (χ1v) is 4.65. The Bertz CT molecular complexity index is 477. The summed E-state index contributed by atoms with van der Waals surface area (Å²) in [4.78, 5) is 3.82. The van der Waals surface area contributed by atoms with Gasteiger partial charge in [0.15, 0.2) is 0 Å². The number of alkyl halides is 3. The Hall–Kier alpha value is -1.84. The number of pyridine rings is 1. The zero-order chi connectivity index (χ0) is 11.6. The number of hydrogen-bond acceptors (Lipinski definition) is 1. The molecule has 1 heterocycles. The van der Waals surface area contributed by atoms with E-state index in [-0.39, 0.29) is 0 Å². The number of hydrogen-bond donors (Lipinski definition) is 0. The molecule has 0 unspecified atom stereocenters. The van der Waals surface area contributed by atoms with Crippen LogP contribution in [0.5, 0.6) is 0 Å². The molecule has 2 rings (SSSR count). The third-order valence-electron chi connectivity index (χ3n) is 2.20. The minimum absolute atomic E-state index is 0.539. The average Bonchev–Trinajstić information content (AvgIpc) is 2.29. The molecule has 16 heavy (non-hydrogen) atoms. The standard InChI is InChI=1S/C12H8F3N/c13-12(14,15)11-3-1-2-10(8-11)9-4-6-16-7-5-9/h1-8H. The Balaban J connectivity index is 2.45. The van der Waals surface area contributed by atoms with Gasteiger partial charge in [-0.25, -0.2) is 0 Å². The smallest absolute Gasteiger partial charge is 0.265 e. The van der Waals surface area contributed by atoms with Gasteiger partial charge in [-0.15, -0.1) is 0 Å². The molecule has 0 saturated carbocycles. The monoisotopic (exact) mass is 223 g/mol. The van der Waals surface area contributed by atoms with Gasteiger partial charge in [-0.3, -0.25) is 4.98 Å². The summed E-state index contributed by atoms with van der Waals surface area (Å²) in [5.41, 5.74) is 0.625. The van der Waals surface area contributed by atoms with Gasteiger partial charge >= 0.3 is 6.18 Å². The van der Waals surface area contributed by atoms with E-state index in [1.54, 1.807) is 30.6 Å². The summed E-state index contributed by atoms with van der Waals surface area (Å²) in [5.74, 6) is 0. The van der Waals surface area contributed by atoms with Crippen molar-refractivity contribution in [2.45, 2.75) is 6.18 Å². The Morgan fingerprint density at radius 1 is 0.875 bits per heavy atom. The van der Waals surface area contributed by atoms with Gasteiger partial charge in [-0.1, -0.05) is 12.1 Å². The molecule has 4 heteroatoms. The van der Waals surface area contributed by atoms with Crippen molar-refractivity contribution in [3.63, 3.8) is 0 Å². The fourth-order valence-corrected chi connectivity index (χ4v) is 1.42. The molecule has 1 nitrogen and oxygen atoms in total. The van der Waals surface area contributed by atoms with Crippen LogP contribution >= 0.6 is 0 Å². The van der Waals surface area contributed by atoms with E-state index in [0.29, 0.717) is 5.56 Å². The second-order valence-electron chi connectivity index (χ2n) is 3.31. The van der Waals surface area contributed by atoms with Crippen molar-refractivity contribution >= 4 is 0 Å². The molecule has 0 atom stereocenters. The molecule has 1 aromatic heterocycles. The van der Waals surface area contributed by atoms with Crippen molar-refractivity contribution in [1.29, 1.82) is 0 Å². The lowest BCUT2D eigenvalue weighted by Gasteiger charge is -2.08. The van der Waals surface area contributed by atoms with Crippen LogP contribution in [0.15, 0.2) is 48.8 Å². The van der Waals surface area contributed by atoms with Crippen molar-refractivity contribution in [2.24, 2.45) is 0 Å². The highest BCUT2D eigenvalue weighted by Gasteiger charge is 2.30. The Labute approximate surface area is 90.6 Å². The molecule has 1 aromatic carbocycles. The van der Waals surface area contributed by atoms with Crippen molar-refractivity contribution < 1.29 is 13.2 Å². The molecule has 82 valence electrons. The molecule has 0 spiro atoms. The molecular formula is C12H8F3N. The number of rotatable bonds is 1. The zero-order valence-corrected chi connectivity index (χ0v) is 8.20. The summed E-state index contributed by atoms with van der Waals surface area (Å²) < 4.78 is 37.4. The van der Waals surface area contributed by atoms with E-state index in [1.807, 2.05) is 0 Å². The lowest BCUT2D eigenvalue weighted by Crippen LogP contribution is -2.04. The Kier molecular flexibility index (Phi) is 2.64. The van der Waals surface area contributed by atoms with Gasteiger partial charge in [-0.05, 0) is 35.4 Å². The van der Waals surface area contributed by atoms with Crippen molar-refractivity contribution in [3.05, 3.63) is 54.4 Å². The maximum absolute atomic E-state index is 12.5. The largest absolute Gasteiger partial charge is 0.416 e. The van der Waals surface area contributed by atoms with E-state index in [0.717, 1.165) is 17.7 Å². The fourth-order valence-electron chi connectivity index (χ4n) is 1.42. The van der Waals surface area contributed by atoms with E-state index >= 15 is 0 Å². The van der Waals surface area contributed by atoms with E-state index in [4.69, 9.17) is 0 Å². The molecule has 0 aliphatic rings. The highest BCUT2D eigenvalue weighted by Crippen LogP contribution is 2.31. The maximum atomic E-state index is 12.5. The third-order valence-corrected chi connectivity index (χ3v) is 2.20. The summed E-state index contributed by atoms with van der Waals surface area (Å²) in [7, 11) is 0. The Morgan fingerprint density at radius 3 is 2.19 bits per heavy atom. The van der Waals surface area contributed by atoms with Gasteiger partial charge in [-0.2, -0.15) is 13.2 Å². The van der Waals surface area contributed by atoms with Crippen molar-refractivity contribution in [2.75, 3.05) is 0 Å². The third kappa shape index (κ3) is 2.21. The molecule has 0 aliphatic carbocycles. The minimum Gasteiger partial charge on any atom is -0.265 e. The van der Waals surface area contributed by atoms with Crippen molar-refractivity contribution in [1.82, 2.24) is 4.98 Å². The van der Waals surface area contributed by atoms with E-state index in [1.165, 1.54) is 6.07 Å². The van der Waals surface area contributed by atoms with E-state index < -0.39 is 11.7 Å². The van der Waals surface area contributed by atoms with Crippen LogP contribution in [-0.4, -0.2) is 4.98 Å². The van der Waals surface area contributed by atoms with Crippen LogP contribution in [0.4, 0.5) is 13.2 Å². The lowest BCUT2D eigenvalue weighted by molar-refractivity contribution is -0.137. The summed E-state index contributed by atoms with van der Waals surface area (Å²) in [6.45, 7) is 0. The summed E-state index contributed by atoms with van der Waals surface area (Å²) in [5, 5.41) is 0. The molecule has 0 radical (unpaired) electrons. The van der Waals surface area contributed by atoms with Gasteiger partial charge in [0.2, 0.25) is 0 Å². The van der Waals surface area contributed by atoms with E-state index in [2.05, 4.69) is 4.98 Å². The maximum Gasteiger partial charge on any atom is 0.416 e. The van der Waals surface area contributed by atoms with Gasteiger partial charge < -0.3 is 0 Å². The summed E-state index contributed by atoms with van der Waals surface area (Å²) in [6.07, 6.45) is -1.20. The molecule has 0 aliphatic heterocycles. The summed E-state index contributed by atoms with van der Waals surface area (Å²) in [6, 6.07) is 8.59. The highest BCUT2D eigenvalue weighted by molar-refractivity contribution is 5.63. The number of aromatic nitrogens is 1. The molecule has 0 bridgehead atoms. The second-order valence-corrected chi connectivity index (χ2v) is 3.31. The van der Waals surface area contributed by atoms with Gasteiger partial charge in [0.1, 0.15) is 0 Å². The Morgan fingerprint density at radius 2 is 1.56 bits per heavy atom. The van der Waals surface area contributed by atoms with Crippen LogP contribution in [0.3, 0.4) is 0 Å². The lowest BCUT2D eigenvalue weighted by atomic mass is 10.0. The molecular weight excluding hydrogens is 215 g/mol. The first-order chi connectivity index (χ1) is 7.57. The average molecular weight is 223 g/mol. The molecule has 0 amide bonds. The van der Waals surface area contributed by atoms with Crippen molar-refractivity contribution in [3.8, 4) is 11.1 Å². The molecule has 0 N–H and O–H groups in total. The number of benzene rings is 1. The first-order valence-electron chi connectivity index (χ1n) is 4.65. The SMILES string of the molecule is FC(F)(F)c1cccc(-c2ccncc2)c1. The number of nitrogens with zero attached hydrogens (tertiary/aromatic N) is 1. The molecule has 0 saturated heterocycles. The first kappa shape index (κ1) is 10.7. The van der Waals surface area contributed by atoms with E-state index in [9.17, 15) is 13.2 Å². The zero-order valence-electron chi connectivity index (χ0n) is 8.20. The summed E-state index contributed by atoms with van der Waals surface area (Å²) >= 11 is 0. The van der Waals surface area contributed by atoms with Crippen LogP contribution in [0, 0.1) is 0 Å². The van der Waals surface area contributed by atoms with Crippen LogP contribution in [0.2, 0.25) is 0 Å². The van der Waals surface area contributed by atoms with Gasteiger partial charge in [0.25, 0.3) is 0 Å². The highest BCUT2D eigenvalue weighted by atomic mass is 19.4. The van der Waals surface area contributed by atoms with Gasteiger partial charge in [0.05, 0.1) is 5.56 Å². The predicted molar refractivity (Wildman–Crippen MR) is 54.7 cm³/mol. The molecule has 0 fully saturated rings. The van der Waals surface area contributed by atoms with Crippen LogP contribution in [-0.2, 0) is 6.18 Å².